The van der Waals surface area contributed by atoms with E-state index in [-0.39, 0.29) is 11.8 Å². The Labute approximate surface area is 111 Å². The van der Waals surface area contributed by atoms with Crippen LogP contribution >= 0.6 is 0 Å². The molecule has 0 N–H and O–H groups in total. The van der Waals surface area contributed by atoms with E-state index in [1.165, 1.54) is 19.3 Å². The van der Waals surface area contributed by atoms with E-state index < -0.39 is 0 Å². The van der Waals surface area contributed by atoms with Crippen molar-refractivity contribution in [3.8, 4) is 12.1 Å². The van der Waals surface area contributed by atoms with Crippen molar-refractivity contribution in [2.75, 3.05) is 13.6 Å². The van der Waals surface area contributed by atoms with Crippen molar-refractivity contribution >= 4 is 0 Å². The first kappa shape index (κ1) is 15.0. The molecule has 0 amide bonds. The van der Waals surface area contributed by atoms with Crippen LogP contribution in [0.1, 0.15) is 46.0 Å². The molecule has 0 bridgehead atoms. The van der Waals surface area contributed by atoms with Gasteiger partial charge in [-0.3, -0.25) is 0 Å². The molecule has 1 aliphatic carbocycles. The van der Waals surface area contributed by atoms with Crippen molar-refractivity contribution in [2.45, 2.75) is 52.0 Å². The highest BCUT2D eigenvalue weighted by atomic mass is 15.1. The van der Waals surface area contributed by atoms with Gasteiger partial charge in [-0.2, -0.15) is 10.5 Å². The van der Waals surface area contributed by atoms with Crippen LogP contribution in [0.5, 0.6) is 0 Å². The lowest BCUT2D eigenvalue weighted by Crippen LogP contribution is -2.43. The van der Waals surface area contributed by atoms with Gasteiger partial charge >= 0.3 is 0 Å². The van der Waals surface area contributed by atoms with Crippen molar-refractivity contribution in [1.82, 2.24) is 4.90 Å². The van der Waals surface area contributed by atoms with Gasteiger partial charge in [0.25, 0.3) is 0 Å². The van der Waals surface area contributed by atoms with Gasteiger partial charge in [-0.05, 0) is 39.2 Å². The number of hydrogen-bond acceptors (Lipinski definition) is 3. The first-order valence-electron chi connectivity index (χ1n) is 7.11. The van der Waals surface area contributed by atoms with E-state index >= 15 is 0 Å². The quantitative estimate of drug-likeness (QED) is 0.749. The molecule has 0 saturated heterocycles. The molecular formula is C15H25N3. The average Bonchev–Trinajstić information content (AvgIpc) is 2.38. The van der Waals surface area contributed by atoms with E-state index in [9.17, 15) is 5.26 Å². The standard InChI is InChI=1S/C15H25N3/c1-4-5-13-6-7-14(10-17)15(8-13)18(3)11-12(2)9-16/h12-15H,4-8,11H2,1-3H3. The summed E-state index contributed by atoms with van der Waals surface area (Å²) in [6.45, 7) is 4.95. The summed E-state index contributed by atoms with van der Waals surface area (Å²) in [5.74, 6) is 0.958. The molecule has 0 aromatic carbocycles. The second kappa shape index (κ2) is 7.39. The summed E-state index contributed by atoms with van der Waals surface area (Å²) in [6, 6.07) is 5.09. The number of hydrogen-bond donors (Lipinski definition) is 0. The molecule has 4 atom stereocenters. The molecular weight excluding hydrogens is 222 g/mol. The van der Waals surface area contributed by atoms with Crippen LogP contribution in [0.25, 0.3) is 0 Å². The van der Waals surface area contributed by atoms with Crippen LogP contribution in [0.3, 0.4) is 0 Å². The van der Waals surface area contributed by atoms with Gasteiger partial charge in [-0.25, -0.2) is 0 Å². The van der Waals surface area contributed by atoms with Crippen LogP contribution in [0.2, 0.25) is 0 Å². The third-order valence-electron chi connectivity index (χ3n) is 4.14. The molecule has 0 heterocycles. The predicted octanol–water partition coefficient (Wildman–Crippen LogP) is 3.19. The number of nitriles is 2. The van der Waals surface area contributed by atoms with Gasteiger partial charge < -0.3 is 4.90 Å². The molecule has 1 rings (SSSR count). The molecule has 100 valence electrons. The highest BCUT2D eigenvalue weighted by Crippen LogP contribution is 2.34. The first-order chi connectivity index (χ1) is 8.62. The predicted molar refractivity (Wildman–Crippen MR) is 72.5 cm³/mol. The fraction of sp³-hybridized carbons (Fsp3) is 0.867. The summed E-state index contributed by atoms with van der Waals surface area (Å²) in [7, 11) is 2.07. The van der Waals surface area contributed by atoms with E-state index in [1.54, 1.807) is 0 Å². The minimum atomic E-state index is 0.0425. The van der Waals surface area contributed by atoms with E-state index in [4.69, 9.17) is 5.26 Å². The summed E-state index contributed by atoms with van der Waals surface area (Å²) in [5, 5.41) is 18.2. The minimum absolute atomic E-state index is 0.0425. The van der Waals surface area contributed by atoms with Crippen LogP contribution in [-0.2, 0) is 0 Å². The summed E-state index contributed by atoms with van der Waals surface area (Å²) in [6.07, 6.45) is 5.85. The van der Waals surface area contributed by atoms with Crippen molar-refractivity contribution in [2.24, 2.45) is 17.8 Å². The van der Waals surface area contributed by atoms with Gasteiger partial charge in [-0.15, -0.1) is 0 Å². The third kappa shape index (κ3) is 4.00. The van der Waals surface area contributed by atoms with Gasteiger partial charge in [-0.1, -0.05) is 19.8 Å². The molecule has 3 nitrogen and oxygen atoms in total. The molecule has 3 heteroatoms. The zero-order chi connectivity index (χ0) is 13.5. The van der Waals surface area contributed by atoms with Gasteiger partial charge in [0, 0.05) is 12.6 Å². The Morgan fingerprint density at radius 1 is 1.33 bits per heavy atom. The molecule has 1 fully saturated rings. The average molecular weight is 247 g/mol. The molecule has 4 unspecified atom stereocenters. The fourth-order valence-corrected chi connectivity index (χ4v) is 3.15. The zero-order valence-electron chi connectivity index (χ0n) is 11.9. The van der Waals surface area contributed by atoms with Crippen LogP contribution in [0.4, 0.5) is 0 Å². The van der Waals surface area contributed by atoms with Crippen molar-refractivity contribution in [3.05, 3.63) is 0 Å². The van der Waals surface area contributed by atoms with Crippen LogP contribution in [-0.4, -0.2) is 24.5 Å². The molecule has 18 heavy (non-hydrogen) atoms. The van der Waals surface area contributed by atoms with Crippen LogP contribution in [0, 0.1) is 40.4 Å². The molecule has 0 radical (unpaired) electrons. The maximum absolute atomic E-state index is 9.28. The molecule has 1 aliphatic rings. The molecule has 0 aliphatic heterocycles. The molecule has 0 spiro atoms. The van der Waals surface area contributed by atoms with E-state index in [0.717, 1.165) is 25.3 Å². The monoisotopic (exact) mass is 247 g/mol. The second-order valence-electron chi connectivity index (χ2n) is 5.74. The van der Waals surface area contributed by atoms with Crippen molar-refractivity contribution < 1.29 is 0 Å². The number of nitrogens with zero attached hydrogens (tertiary/aromatic N) is 3. The topological polar surface area (TPSA) is 50.8 Å². The van der Waals surface area contributed by atoms with Crippen molar-refractivity contribution in [3.63, 3.8) is 0 Å². The fourth-order valence-electron chi connectivity index (χ4n) is 3.15. The molecule has 0 aromatic heterocycles. The Kier molecular flexibility index (Phi) is 6.16. The summed E-state index contributed by atoms with van der Waals surface area (Å²) < 4.78 is 0. The van der Waals surface area contributed by atoms with Crippen molar-refractivity contribution in [1.29, 1.82) is 10.5 Å². The Hall–Kier alpha value is -1.06. The molecule has 1 saturated carbocycles. The second-order valence-corrected chi connectivity index (χ2v) is 5.74. The Balaban J connectivity index is 2.62. The normalized spacial score (nSPS) is 29.6. The number of rotatable bonds is 5. The SMILES string of the molecule is CCCC1CCC(C#N)C(N(C)CC(C)C#N)C1. The Morgan fingerprint density at radius 3 is 2.61 bits per heavy atom. The third-order valence-corrected chi connectivity index (χ3v) is 4.14. The summed E-state index contributed by atoms with van der Waals surface area (Å²) >= 11 is 0. The van der Waals surface area contributed by atoms with Gasteiger partial charge in [0.05, 0.1) is 24.0 Å². The Bertz CT molecular complexity index is 326. The van der Waals surface area contributed by atoms with E-state index in [2.05, 4.69) is 31.0 Å². The molecule has 0 aromatic rings. The summed E-state index contributed by atoms with van der Waals surface area (Å²) in [4.78, 5) is 2.24. The summed E-state index contributed by atoms with van der Waals surface area (Å²) in [5.41, 5.74) is 0. The smallest absolute Gasteiger partial charge is 0.0672 e. The lowest BCUT2D eigenvalue weighted by molar-refractivity contribution is 0.115. The minimum Gasteiger partial charge on any atom is -0.301 e. The van der Waals surface area contributed by atoms with Crippen LogP contribution in [0.15, 0.2) is 0 Å². The highest BCUT2D eigenvalue weighted by Gasteiger charge is 2.33. The van der Waals surface area contributed by atoms with E-state index in [1.807, 2.05) is 6.92 Å². The lowest BCUT2D eigenvalue weighted by Gasteiger charge is -2.38. The maximum Gasteiger partial charge on any atom is 0.0672 e. The highest BCUT2D eigenvalue weighted by molar-refractivity contribution is 4.98. The maximum atomic E-state index is 9.28. The van der Waals surface area contributed by atoms with Gasteiger partial charge in [0.15, 0.2) is 0 Å². The van der Waals surface area contributed by atoms with E-state index in [0.29, 0.717) is 6.04 Å². The largest absolute Gasteiger partial charge is 0.301 e. The Morgan fingerprint density at radius 2 is 2.06 bits per heavy atom. The van der Waals surface area contributed by atoms with Crippen LogP contribution < -0.4 is 0 Å². The van der Waals surface area contributed by atoms with Gasteiger partial charge in [0.1, 0.15) is 0 Å². The lowest BCUT2D eigenvalue weighted by atomic mass is 9.76. The van der Waals surface area contributed by atoms with Gasteiger partial charge in [0.2, 0.25) is 0 Å². The zero-order valence-corrected chi connectivity index (χ0v) is 11.9. The first-order valence-corrected chi connectivity index (χ1v) is 7.11.